The first kappa shape index (κ1) is 10.8. The Kier molecular flexibility index (Phi) is 2.68. The van der Waals surface area contributed by atoms with Crippen molar-refractivity contribution >= 4 is 11.7 Å². The van der Waals surface area contributed by atoms with Gasteiger partial charge >= 0.3 is 6.03 Å². The summed E-state index contributed by atoms with van der Waals surface area (Å²) in [6, 6.07) is 15.3. The molecule has 0 spiro atoms. The average Bonchev–Trinajstić information content (AvgIpc) is 2.83. The van der Waals surface area contributed by atoms with E-state index in [1.165, 1.54) is 0 Å². The number of amides is 2. The standard InChI is InChI=1S/C14H13N3O/c18-14-16-10-13(12-8-4-5-9-15-12)17(14)11-6-2-1-3-7-11/h1-9,13H,10H2,(H,16,18). The number of nitrogens with zero attached hydrogens (tertiary/aromatic N) is 2. The first-order chi connectivity index (χ1) is 8.86. The summed E-state index contributed by atoms with van der Waals surface area (Å²) in [6.07, 6.45) is 1.75. The molecule has 4 nitrogen and oxygen atoms in total. The van der Waals surface area contributed by atoms with Gasteiger partial charge in [-0.1, -0.05) is 24.3 Å². The fraction of sp³-hybridized carbons (Fsp3) is 0.143. The summed E-state index contributed by atoms with van der Waals surface area (Å²) >= 11 is 0. The van der Waals surface area contributed by atoms with E-state index in [1.807, 2.05) is 48.5 Å². The third-order valence-corrected chi connectivity index (χ3v) is 3.04. The lowest BCUT2D eigenvalue weighted by molar-refractivity contribution is 0.251. The van der Waals surface area contributed by atoms with Crippen molar-refractivity contribution in [1.82, 2.24) is 10.3 Å². The fourth-order valence-corrected chi connectivity index (χ4v) is 2.20. The summed E-state index contributed by atoms with van der Waals surface area (Å²) in [5.74, 6) is 0. The van der Waals surface area contributed by atoms with Crippen molar-refractivity contribution in [2.24, 2.45) is 0 Å². The molecule has 1 aromatic carbocycles. The predicted molar refractivity (Wildman–Crippen MR) is 69.3 cm³/mol. The highest BCUT2D eigenvalue weighted by Crippen LogP contribution is 2.28. The van der Waals surface area contributed by atoms with Crippen LogP contribution < -0.4 is 10.2 Å². The van der Waals surface area contributed by atoms with Crippen molar-refractivity contribution in [1.29, 1.82) is 0 Å². The Morgan fingerprint density at radius 2 is 1.89 bits per heavy atom. The Balaban J connectivity index is 1.98. The van der Waals surface area contributed by atoms with Crippen molar-refractivity contribution < 1.29 is 4.79 Å². The average molecular weight is 239 g/mol. The second-order valence-electron chi connectivity index (χ2n) is 4.16. The van der Waals surface area contributed by atoms with Crippen LogP contribution in [0.15, 0.2) is 54.7 Å². The van der Waals surface area contributed by atoms with Gasteiger partial charge in [0, 0.05) is 18.4 Å². The zero-order valence-corrected chi connectivity index (χ0v) is 9.78. The second kappa shape index (κ2) is 4.49. The fourth-order valence-electron chi connectivity index (χ4n) is 2.20. The number of pyridine rings is 1. The molecule has 0 aliphatic carbocycles. The Morgan fingerprint density at radius 3 is 2.61 bits per heavy atom. The lowest BCUT2D eigenvalue weighted by atomic mass is 10.1. The first-order valence-electron chi connectivity index (χ1n) is 5.89. The molecular formula is C14H13N3O. The molecule has 1 atom stereocenters. The maximum atomic E-state index is 11.9. The van der Waals surface area contributed by atoms with Gasteiger partial charge in [0.2, 0.25) is 0 Å². The van der Waals surface area contributed by atoms with E-state index in [-0.39, 0.29) is 12.1 Å². The van der Waals surface area contributed by atoms with Gasteiger partial charge in [-0.15, -0.1) is 0 Å². The van der Waals surface area contributed by atoms with Crippen LogP contribution in [0, 0.1) is 0 Å². The molecule has 1 unspecified atom stereocenters. The molecule has 1 fully saturated rings. The molecule has 3 rings (SSSR count). The van der Waals surface area contributed by atoms with Crippen molar-refractivity contribution in [2.75, 3.05) is 11.4 Å². The number of benzene rings is 1. The molecule has 0 saturated carbocycles. The van der Waals surface area contributed by atoms with Crippen molar-refractivity contribution in [2.45, 2.75) is 6.04 Å². The molecule has 1 aliphatic heterocycles. The molecule has 1 N–H and O–H groups in total. The number of aromatic nitrogens is 1. The maximum absolute atomic E-state index is 11.9. The number of hydrogen-bond donors (Lipinski definition) is 1. The number of carbonyl (C=O) groups excluding carboxylic acids is 1. The lowest BCUT2D eigenvalue weighted by Crippen LogP contribution is -2.29. The Bertz CT molecular complexity index is 541. The van der Waals surface area contributed by atoms with Gasteiger partial charge < -0.3 is 5.32 Å². The third kappa shape index (κ3) is 1.82. The van der Waals surface area contributed by atoms with Gasteiger partial charge in [-0.2, -0.15) is 0 Å². The molecule has 1 aromatic heterocycles. The number of urea groups is 1. The lowest BCUT2D eigenvalue weighted by Gasteiger charge is -2.22. The molecule has 2 heterocycles. The first-order valence-corrected chi connectivity index (χ1v) is 5.89. The normalized spacial score (nSPS) is 18.8. The molecule has 0 bridgehead atoms. The molecule has 1 aliphatic rings. The molecule has 18 heavy (non-hydrogen) atoms. The number of hydrogen-bond acceptors (Lipinski definition) is 2. The minimum atomic E-state index is -0.0724. The molecule has 4 heteroatoms. The Hall–Kier alpha value is -2.36. The second-order valence-corrected chi connectivity index (χ2v) is 4.16. The SMILES string of the molecule is O=C1NCC(c2ccccn2)N1c1ccccc1. The topological polar surface area (TPSA) is 45.2 Å². The minimum absolute atomic E-state index is 0.0406. The van der Waals surface area contributed by atoms with Crippen molar-refractivity contribution in [3.05, 3.63) is 60.4 Å². The maximum Gasteiger partial charge on any atom is 0.322 e. The predicted octanol–water partition coefficient (Wildman–Crippen LogP) is 2.35. The Labute approximate surface area is 105 Å². The van der Waals surface area contributed by atoms with Gasteiger partial charge in [0.25, 0.3) is 0 Å². The number of carbonyl (C=O) groups is 1. The third-order valence-electron chi connectivity index (χ3n) is 3.04. The quantitative estimate of drug-likeness (QED) is 0.874. The van der Waals surface area contributed by atoms with Crippen molar-refractivity contribution in [3.63, 3.8) is 0 Å². The summed E-state index contributed by atoms with van der Waals surface area (Å²) < 4.78 is 0. The molecular weight excluding hydrogens is 226 g/mol. The molecule has 2 amide bonds. The van der Waals surface area contributed by atoms with E-state index in [0.29, 0.717) is 6.54 Å². The van der Waals surface area contributed by atoms with Crippen LogP contribution in [0.3, 0.4) is 0 Å². The van der Waals surface area contributed by atoms with Crippen LogP contribution in [0.25, 0.3) is 0 Å². The number of rotatable bonds is 2. The van der Waals surface area contributed by atoms with E-state index in [0.717, 1.165) is 11.4 Å². The summed E-state index contributed by atoms with van der Waals surface area (Å²) in [5.41, 5.74) is 1.79. The van der Waals surface area contributed by atoms with Crippen LogP contribution in [0.2, 0.25) is 0 Å². The number of anilines is 1. The highest BCUT2D eigenvalue weighted by atomic mass is 16.2. The number of nitrogens with one attached hydrogen (secondary N) is 1. The largest absolute Gasteiger partial charge is 0.335 e. The van der Waals surface area contributed by atoms with E-state index in [9.17, 15) is 4.79 Å². The van der Waals surface area contributed by atoms with Gasteiger partial charge in [-0.3, -0.25) is 9.88 Å². The molecule has 90 valence electrons. The van der Waals surface area contributed by atoms with E-state index < -0.39 is 0 Å². The van der Waals surface area contributed by atoms with E-state index in [1.54, 1.807) is 11.1 Å². The van der Waals surface area contributed by atoms with Crippen LogP contribution in [-0.4, -0.2) is 17.6 Å². The molecule has 0 radical (unpaired) electrons. The van der Waals surface area contributed by atoms with E-state index in [2.05, 4.69) is 10.3 Å². The smallest absolute Gasteiger partial charge is 0.322 e. The minimum Gasteiger partial charge on any atom is -0.335 e. The van der Waals surface area contributed by atoms with Crippen LogP contribution in [0.1, 0.15) is 11.7 Å². The summed E-state index contributed by atoms with van der Waals surface area (Å²) in [5, 5.41) is 2.86. The summed E-state index contributed by atoms with van der Waals surface area (Å²) in [4.78, 5) is 18.0. The Morgan fingerprint density at radius 1 is 1.11 bits per heavy atom. The van der Waals surface area contributed by atoms with E-state index >= 15 is 0 Å². The van der Waals surface area contributed by atoms with Crippen LogP contribution in [0.4, 0.5) is 10.5 Å². The summed E-state index contributed by atoms with van der Waals surface area (Å²) in [7, 11) is 0. The van der Waals surface area contributed by atoms with Gasteiger partial charge in [-0.05, 0) is 24.3 Å². The monoisotopic (exact) mass is 239 g/mol. The summed E-state index contributed by atoms with van der Waals surface area (Å²) in [6.45, 7) is 0.588. The van der Waals surface area contributed by atoms with Gasteiger partial charge in [0.15, 0.2) is 0 Å². The molecule has 1 saturated heterocycles. The van der Waals surface area contributed by atoms with E-state index in [4.69, 9.17) is 0 Å². The van der Waals surface area contributed by atoms with Gasteiger partial charge in [-0.25, -0.2) is 4.79 Å². The zero-order valence-electron chi connectivity index (χ0n) is 9.78. The van der Waals surface area contributed by atoms with Gasteiger partial charge in [0.1, 0.15) is 0 Å². The number of para-hydroxylation sites is 1. The van der Waals surface area contributed by atoms with Gasteiger partial charge in [0.05, 0.1) is 11.7 Å². The molecule has 2 aromatic rings. The highest BCUT2D eigenvalue weighted by Gasteiger charge is 2.33. The van der Waals surface area contributed by atoms with Crippen LogP contribution in [0.5, 0.6) is 0 Å². The zero-order chi connectivity index (χ0) is 12.4. The van der Waals surface area contributed by atoms with Crippen LogP contribution >= 0.6 is 0 Å². The highest BCUT2D eigenvalue weighted by molar-refractivity contribution is 5.95. The van der Waals surface area contributed by atoms with Crippen molar-refractivity contribution in [3.8, 4) is 0 Å². The van der Waals surface area contributed by atoms with Crippen LogP contribution in [-0.2, 0) is 0 Å².